The molecule has 74 valence electrons. The van der Waals surface area contributed by atoms with Crippen LogP contribution in [-0.2, 0) is 14.3 Å². The summed E-state index contributed by atoms with van der Waals surface area (Å²) in [6.07, 6.45) is 2.06. The van der Waals surface area contributed by atoms with Gasteiger partial charge in [0.2, 0.25) is 6.41 Å². The summed E-state index contributed by atoms with van der Waals surface area (Å²) in [6, 6.07) is -0.391. The summed E-state index contributed by atoms with van der Waals surface area (Å²) in [6.45, 7) is 0.654. The molecule has 2 unspecified atom stereocenters. The number of carboxylic acids is 1. The van der Waals surface area contributed by atoms with E-state index in [4.69, 9.17) is 9.84 Å². The summed E-state index contributed by atoms with van der Waals surface area (Å²) >= 11 is 0. The zero-order valence-corrected chi connectivity index (χ0v) is 7.23. The molecular weight excluding hydrogens is 174 g/mol. The monoisotopic (exact) mass is 187 g/mol. The van der Waals surface area contributed by atoms with Gasteiger partial charge in [0.15, 0.2) is 0 Å². The largest absolute Gasteiger partial charge is 0.481 e. The van der Waals surface area contributed by atoms with Gasteiger partial charge in [-0.25, -0.2) is 0 Å². The molecule has 1 aliphatic heterocycles. The second-order valence-corrected chi connectivity index (χ2v) is 3.04. The normalized spacial score (nSPS) is 23.8. The molecule has 2 atom stereocenters. The van der Waals surface area contributed by atoms with Gasteiger partial charge in [-0.3, -0.25) is 9.59 Å². The fourth-order valence-corrected chi connectivity index (χ4v) is 1.49. The van der Waals surface area contributed by atoms with E-state index in [-0.39, 0.29) is 12.5 Å². The van der Waals surface area contributed by atoms with Crippen LogP contribution in [0.3, 0.4) is 0 Å². The number of hydrogen-bond donors (Lipinski definition) is 2. The van der Waals surface area contributed by atoms with Crippen LogP contribution >= 0.6 is 0 Å². The van der Waals surface area contributed by atoms with Gasteiger partial charge in [-0.15, -0.1) is 0 Å². The van der Waals surface area contributed by atoms with Crippen molar-refractivity contribution in [1.29, 1.82) is 0 Å². The number of carboxylic acid groups (broad SMARTS) is 1. The maximum absolute atomic E-state index is 10.4. The van der Waals surface area contributed by atoms with Gasteiger partial charge in [0.05, 0.1) is 18.6 Å². The first-order chi connectivity index (χ1) is 6.24. The molecule has 2 N–H and O–H groups in total. The molecule has 13 heavy (non-hydrogen) atoms. The second kappa shape index (κ2) is 4.81. The second-order valence-electron chi connectivity index (χ2n) is 3.04. The lowest BCUT2D eigenvalue weighted by Gasteiger charge is -2.20. The van der Waals surface area contributed by atoms with Crippen molar-refractivity contribution in [3.8, 4) is 0 Å². The Hall–Kier alpha value is -1.10. The molecule has 5 nitrogen and oxygen atoms in total. The van der Waals surface area contributed by atoms with Gasteiger partial charge >= 0.3 is 5.97 Å². The Bertz CT molecular complexity index is 189. The molecule has 0 aromatic rings. The lowest BCUT2D eigenvalue weighted by atomic mass is 10.1. The van der Waals surface area contributed by atoms with Crippen molar-refractivity contribution in [2.45, 2.75) is 31.4 Å². The zero-order valence-electron chi connectivity index (χ0n) is 7.23. The Morgan fingerprint density at radius 2 is 2.54 bits per heavy atom. The molecule has 1 fully saturated rings. The number of amides is 1. The number of aliphatic carboxylic acids is 1. The standard InChI is InChI=1S/C8H13NO4/c10-5-9-6(4-8(11)12)7-2-1-3-13-7/h5-7H,1-4H2,(H,9,10)(H,11,12). The lowest BCUT2D eigenvalue weighted by molar-refractivity contribution is -0.138. The number of ether oxygens (including phenoxy) is 1. The molecule has 0 saturated carbocycles. The van der Waals surface area contributed by atoms with Crippen molar-refractivity contribution in [3.63, 3.8) is 0 Å². The molecule has 1 rings (SSSR count). The van der Waals surface area contributed by atoms with E-state index in [2.05, 4.69) is 5.32 Å². The van der Waals surface area contributed by atoms with Gasteiger partial charge in [0.25, 0.3) is 0 Å². The van der Waals surface area contributed by atoms with E-state index in [9.17, 15) is 9.59 Å². The Labute approximate surface area is 76.1 Å². The molecular formula is C8H13NO4. The van der Waals surface area contributed by atoms with E-state index in [1.54, 1.807) is 0 Å². The molecule has 0 spiro atoms. The fourth-order valence-electron chi connectivity index (χ4n) is 1.49. The van der Waals surface area contributed by atoms with Crippen LogP contribution in [0, 0.1) is 0 Å². The van der Waals surface area contributed by atoms with Crippen LogP contribution in [0.1, 0.15) is 19.3 Å². The number of carbonyl (C=O) groups is 2. The zero-order chi connectivity index (χ0) is 9.68. The number of hydrogen-bond acceptors (Lipinski definition) is 3. The molecule has 1 heterocycles. The first-order valence-electron chi connectivity index (χ1n) is 4.27. The SMILES string of the molecule is O=CNC(CC(=O)O)C1CCCO1. The Morgan fingerprint density at radius 3 is 3.00 bits per heavy atom. The van der Waals surface area contributed by atoms with Crippen molar-refractivity contribution in [2.75, 3.05) is 6.61 Å². The minimum Gasteiger partial charge on any atom is -0.481 e. The maximum atomic E-state index is 10.4. The quantitative estimate of drug-likeness (QED) is 0.582. The summed E-state index contributed by atoms with van der Waals surface area (Å²) in [5.74, 6) is -0.921. The number of carbonyl (C=O) groups excluding carboxylic acids is 1. The highest BCUT2D eigenvalue weighted by atomic mass is 16.5. The van der Waals surface area contributed by atoms with Crippen LogP contribution in [0.2, 0.25) is 0 Å². The summed E-state index contributed by atoms with van der Waals surface area (Å²) in [5, 5.41) is 11.0. The lowest BCUT2D eigenvalue weighted by Crippen LogP contribution is -2.40. The van der Waals surface area contributed by atoms with Crippen LogP contribution in [0.25, 0.3) is 0 Å². The van der Waals surface area contributed by atoms with Crippen LogP contribution in [-0.4, -0.2) is 36.2 Å². The maximum Gasteiger partial charge on any atom is 0.305 e. The van der Waals surface area contributed by atoms with E-state index in [0.29, 0.717) is 13.0 Å². The molecule has 1 amide bonds. The molecule has 5 heteroatoms. The van der Waals surface area contributed by atoms with E-state index in [1.165, 1.54) is 0 Å². The van der Waals surface area contributed by atoms with Crippen molar-refractivity contribution in [1.82, 2.24) is 5.32 Å². The summed E-state index contributed by atoms with van der Waals surface area (Å²) < 4.78 is 5.28. The van der Waals surface area contributed by atoms with Crippen molar-refractivity contribution in [3.05, 3.63) is 0 Å². The van der Waals surface area contributed by atoms with E-state index < -0.39 is 12.0 Å². The van der Waals surface area contributed by atoms with Gasteiger partial charge in [-0.1, -0.05) is 0 Å². The van der Waals surface area contributed by atoms with Crippen molar-refractivity contribution < 1.29 is 19.4 Å². The molecule has 0 aromatic carbocycles. The molecule has 0 bridgehead atoms. The average molecular weight is 187 g/mol. The topological polar surface area (TPSA) is 75.6 Å². The van der Waals surface area contributed by atoms with E-state index in [1.807, 2.05) is 0 Å². The molecule has 0 aliphatic carbocycles. The minimum atomic E-state index is -0.921. The number of nitrogens with one attached hydrogen (secondary N) is 1. The van der Waals surface area contributed by atoms with E-state index >= 15 is 0 Å². The Kier molecular flexibility index (Phi) is 3.70. The highest BCUT2D eigenvalue weighted by molar-refractivity contribution is 5.68. The third-order valence-electron chi connectivity index (χ3n) is 2.09. The highest BCUT2D eigenvalue weighted by Gasteiger charge is 2.27. The van der Waals surface area contributed by atoms with Gasteiger partial charge in [-0.05, 0) is 12.8 Å². The molecule has 1 saturated heterocycles. The van der Waals surface area contributed by atoms with Crippen LogP contribution < -0.4 is 5.32 Å². The molecule has 0 aromatic heterocycles. The van der Waals surface area contributed by atoms with Crippen LogP contribution in [0.4, 0.5) is 0 Å². The van der Waals surface area contributed by atoms with E-state index in [0.717, 1.165) is 12.8 Å². The predicted octanol–water partition coefficient (Wildman–Crippen LogP) is -0.245. The first kappa shape index (κ1) is 9.98. The number of rotatable bonds is 5. The Morgan fingerprint density at radius 1 is 1.77 bits per heavy atom. The van der Waals surface area contributed by atoms with Crippen molar-refractivity contribution >= 4 is 12.4 Å². The third kappa shape index (κ3) is 3.02. The van der Waals surface area contributed by atoms with Gasteiger partial charge in [0.1, 0.15) is 0 Å². The Balaban J connectivity index is 2.44. The van der Waals surface area contributed by atoms with Gasteiger partial charge in [-0.2, -0.15) is 0 Å². The van der Waals surface area contributed by atoms with Gasteiger partial charge < -0.3 is 15.2 Å². The summed E-state index contributed by atoms with van der Waals surface area (Å²) in [4.78, 5) is 20.6. The molecule has 0 radical (unpaired) electrons. The van der Waals surface area contributed by atoms with Crippen molar-refractivity contribution in [2.24, 2.45) is 0 Å². The predicted molar refractivity (Wildman–Crippen MR) is 44.2 cm³/mol. The van der Waals surface area contributed by atoms with Crippen LogP contribution in [0.5, 0.6) is 0 Å². The highest BCUT2D eigenvalue weighted by Crippen LogP contribution is 2.17. The molecule has 1 aliphatic rings. The van der Waals surface area contributed by atoms with Gasteiger partial charge in [0, 0.05) is 6.61 Å². The average Bonchev–Trinajstić information content (AvgIpc) is 2.54. The smallest absolute Gasteiger partial charge is 0.305 e. The fraction of sp³-hybridized carbons (Fsp3) is 0.750. The summed E-state index contributed by atoms with van der Waals surface area (Å²) in [5.41, 5.74) is 0. The third-order valence-corrected chi connectivity index (χ3v) is 2.09. The minimum absolute atomic E-state index is 0.0800. The first-order valence-corrected chi connectivity index (χ1v) is 4.27. The summed E-state index contributed by atoms with van der Waals surface area (Å²) in [7, 11) is 0. The van der Waals surface area contributed by atoms with Crippen LogP contribution in [0.15, 0.2) is 0 Å².